The van der Waals surface area contributed by atoms with Gasteiger partial charge < -0.3 is 15.0 Å². The molecule has 1 saturated heterocycles. The van der Waals surface area contributed by atoms with Crippen LogP contribution in [-0.2, 0) is 13.0 Å². The maximum absolute atomic E-state index is 14.2. The molecule has 1 N–H and O–H groups in total. The molecule has 0 aromatic heterocycles. The Morgan fingerprint density at radius 1 is 0.895 bits per heavy atom. The molecule has 194 valence electrons. The number of rotatable bonds is 9. The van der Waals surface area contributed by atoms with E-state index in [0.717, 1.165) is 25.1 Å². The summed E-state index contributed by atoms with van der Waals surface area (Å²) in [5, 5.41) is 4.29. The Kier molecular flexibility index (Phi) is 8.11. The van der Waals surface area contributed by atoms with Crippen LogP contribution in [0.4, 0.5) is 0 Å². The van der Waals surface area contributed by atoms with Crippen LogP contribution in [-0.4, -0.2) is 30.4 Å². The molecule has 4 nitrogen and oxygen atoms in total. The minimum absolute atomic E-state index is 0.0277. The van der Waals surface area contributed by atoms with Crippen LogP contribution in [0.15, 0.2) is 109 Å². The molecule has 4 aromatic carbocycles. The molecule has 38 heavy (non-hydrogen) atoms. The fourth-order valence-corrected chi connectivity index (χ4v) is 5.42. The van der Waals surface area contributed by atoms with Crippen LogP contribution < -0.4 is 10.1 Å². The van der Waals surface area contributed by atoms with Gasteiger partial charge in [0, 0.05) is 31.2 Å². The Morgan fingerprint density at radius 3 is 2.29 bits per heavy atom. The predicted octanol–water partition coefficient (Wildman–Crippen LogP) is 7.24. The number of nitrogens with one attached hydrogen (secondary N) is 1. The normalized spacial score (nSPS) is 18.7. The van der Waals surface area contributed by atoms with E-state index in [2.05, 4.69) is 42.6 Å². The zero-order valence-corrected chi connectivity index (χ0v) is 22.4. The van der Waals surface area contributed by atoms with Crippen molar-refractivity contribution in [1.82, 2.24) is 10.2 Å². The first-order chi connectivity index (χ1) is 18.5. The largest absolute Gasteiger partial charge is 0.457 e. The van der Waals surface area contributed by atoms with Crippen molar-refractivity contribution >= 4 is 17.5 Å². The van der Waals surface area contributed by atoms with Gasteiger partial charge in [-0.3, -0.25) is 4.79 Å². The van der Waals surface area contributed by atoms with Gasteiger partial charge in [0.2, 0.25) is 0 Å². The maximum atomic E-state index is 14.2. The summed E-state index contributed by atoms with van der Waals surface area (Å²) in [4.78, 5) is 16.2. The molecule has 0 saturated carbocycles. The first-order valence-corrected chi connectivity index (χ1v) is 13.5. The number of benzene rings is 4. The second kappa shape index (κ2) is 11.8. The molecule has 0 aliphatic carbocycles. The standard InChI is InChI=1S/C33H33ClN2O2/c1-33(20-25-10-4-2-5-11-25)24-35-21-27(33)23-36(22-26-16-18-28(34)19-17-26)32(37)30-14-8-9-15-31(30)38-29-12-6-3-7-13-29/h2-19,27,35H,20-24H2,1H3/t27-,33-/m1/s1. The van der Waals surface area contributed by atoms with Crippen LogP contribution in [0.2, 0.25) is 5.02 Å². The summed E-state index contributed by atoms with van der Waals surface area (Å²) in [7, 11) is 0. The van der Waals surface area contributed by atoms with E-state index in [1.807, 2.05) is 83.8 Å². The molecule has 4 aromatic rings. The van der Waals surface area contributed by atoms with Gasteiger partial charge in [-0.05, 0) is 65.3 Å². The van der Waals surface area contributed by atoms with Crippen molar-refractivity contribution in [3.05, 3.63) is 131 Å². The number of hydrogen-bond donors (Lipinski definition) is 1. The van der Waals surface area contributed by atoms with Gasteiger partial charge in [-0.2, -0.15) is 0 Å². The third kappa shape index (κ3) is 6.27. The smallest absolute Gasteiger partial charge is 0.257 e. The van der Waals surface area contributed by atoms with E-state index < -0.39 is 0 Å². The van der Waals surface area contributed by atoms with E-state index >= 15 is 0 Å². The van der Waals surface area contributed by atoms with E-state index in [9.17, 15) is 4.79 Å². The topological polar surface area (TPSA) is 41.6 Å². The van der Waals surface area contributed by atoms with Crippen molar-refractivity contribution in [2.24, 2.45) is 11.3 Å². The highest BCUT2D eigenvalue weighted by Gasteiger charge is 2.40. The second-order valence-corrected chi connectivity index (χ2v) is 10.8. The zero-order chi connectivity index (χ0) is 26.4. The van der Waals surface area contributed by atoms with Crippen LogP contribution in [0, 0.1) is 11.3 Å². The lowest BCUT2D eigenvalue weighted by atomic mass is 9.75. The zero-order valence-electron chi connectivity index (χ0n) is 21.6. The summed E-state index contributed by atoms with van der Waals surface area (Å²) in [6.07, 6.45) is 0.961. The minimum Gasteiger partial charge on any atom is -0.457 e. The molecule has 5 heteroatoms. The molecule has 0 radical (unpaired) electrons. The van der Waals surface area contributed by atoms with Gasteiger partial charge in [-0.1, -0.05) is 91.3 Å². The van der Waals surface area contributed by atoms with Crippen LogP contribution in [0.1, 0.15) is 28.4 Å². The van der Waals surface area contributed by atoms with Gasteiger partial charge in [-0.15, -0.1) is 0 Å². The first-order valence-electron chi connectivity index (χ1n) is 13.1. The Morgan fingerprint density at radius 2 is 1.55 bits per heavy atom. The molecule has 0 unspecified atom stereocenters. The van der Waals surface area contributed by atoms with E-state index in [-0.39, 0.29) is 11.3 Å². The Bertz CT molecular complexity index is 1340. The lowest BCUT2D eigenvalue weighted by molar-refractivity contribution is 0.0671. The van der Waals surface area contributed by atoms with E-state index in [4.69, 9.17) is 16.3 Å². The summed E-state index contributed by atoms with van der Waals surface area (Å²) in [5.41, 5.74) is 2.95. The van der Waals surface area contributed by atoms with Crippen LogP contribution >= 0.6 is 11.6 Å². The van der Waals surface area contributed by atoms with Gasteiger partial charge >= 0.3 is 0 Å². The monoisotopic (exact) mass is 524 g/mol. The van der Waals surface area contributed by atoms with Gasteiger partial charge in [-0.25, -0.2) is 0 Å². The Balaban J connectivity index is 1.43. The number of carbonyl (C=O) groups is 1. The average Bonchev–Trinajstić information content (AvgIpc) is 3.29. The Labute approximate surface area is 230 Å². The number of para-hydroxylation sites is 2. The van der Waals surface area contributed by atoms with Gasteiger partial charge in [0.05, 0.1) is 5.56 Å². The summed E-state index contributed by atoms with van der Waals surface area (Å²) >= 11 is 6.15. The van der Waals surface area contributed by atoms with Crippen LogP contribution in [0.3, 0.4) is 0 Å². The van der Waals surface area contributed by atoms with E-state index in [0.29, 0.717) is 41.1 Å². The molecule has 2 atom stereocenters. The SMILES string of the molecule is C[C@@]1(Cc2ccccc2)CNC[C@@H]1CN(Cc1ccc(Cl)cc1)C(=O)c1ccccc1Oc1ccccc1. The lowest BCUT2D eigenvalue weighted by Crippen LogP contribution is -2.41. The number of halogens is 1. The fourth-order valence-electron chi connectivity index (χ4n) is 5.29. The molecule has 1 amide bonds. The number of ether oxygens (including phenoxy) is 1. The van der Waals surface area contributed by atoms with Crippen molar-refractivity contribution in [2.75, 3.05) is 19.6 Å². The third-order valence-electron chi connectivity index (χ3n) is 7.46. The highest BCUT2D eigenvalue weighted by Crippen LogP contribution is 2.36. The van der Waals surface area contributed by atoms with Gasteiger partial charge in [0.15, 0.2) is 0 Å². The van der Waals surface area contributed by atoms with E-state index in [1.54, 1.807) is 0 Å². The van der Waals surface area contributed by atoms with Crippen molar-refractivity contribution in [3.63, 3.8) is 0 Å². The van der Waals surface area contributed by atoms with Crippen LogP contribution in [0.25, 0.3) is 0 Å². The third-order valence-corrected chi connectivity index (χ3v) is 7.71. The summed E-state index contributed by atoms with van der Waals surface area (Å²) in [6.45, 7) is 5.26. The second-order valence-electron chi connectivity index (χ2n) is 10.4. The van der Waals surface area contributed by atoms with Crippen molar-refractivity contribution in [3.8, 4) is 11.5 Å². The molecule has 1 aliphatic heterocycles. The number of carbonyl (C=O) groups excluding carboxylic acids is 1. The summed E-state index contributed by atoms with van der Waals surface area (Å²) < 4.78 is 6.16. The summed E-state index contributed by atoms with van der Waals surface area (Å²) in [5.74, 6) is 1.51. The molecule has 1 aliphatic rings. The minimum atomic E-state index is -0.0413. The van der Waals surface area contributed by atoms with Gasteiger partial charge in [0.25, 0.3) is 5.91 Å². The van der Waals surface area contributed by atoms with E-state index in [1.165, 1.54) is 5.56 Å². The predicted molar refractivity (Wildman–Crippen MR) is 154 cm³/mol. The van der Waals surface area contributed by atoms with Crippen LogP contribution in [0.5, 0.6) is 11.5 Å². The number of amides is 1. The highest BCUT2D eigenvalue weighted by molar-refractivity contribution is 6.30. The number of nitrogens with zero attached hydrogens (tertiary/aromatic N) is 1. The highest BCUT2D eigenvalue weighted by atomic mass is 35.5. The maximum Gasteiger partial charge on any atom is 0.257 e. The Hall–Kier alpha value is -3.60. The molecule has 5 rings (SSSR count). The fraction of sp³-hybridized carbons (Fsp3) is 0.242. The first kappa shape index (κ1) is 26.0. The van der Waals surface area contributed by atoms with Gasteiger partial charge in [0.1, 0.15) is 11.5 Å². The molecule has 1 fully saturated rings. The van der Waals surface area contributed by atoms with Crippen molar-refractivity contribution in [1.29, 1.82) is 0 Å². The molecular weight excluding hydrogens is 492 g/mol. The quantitative estimate of drug-likeness (QED) is 0.251. The average molecular weight is 525 g/mol. The number of hydrogen-bond acceptors (Lipinski definition) is 3. The molecule has 0 spiro atoms. The molecular formula is C33H33ClN2O2. The lowest BCUT2D eigenvalue weighted by Gasteiger charge is -2.35. The molecule has 1 heterocycles. The van der Waals surface area contributed by atoms with Crippen molar-refractivity contribution < 1.29 is 9.53 Å². The summed E-state index contributed by atoms with van der Waals surface area (Å²) in [6, 6.07) is 35.4. The molecule has 0 bridgehead atoms. The van der Waals surface area contributed by atoms with Crippen molar-refractivity contribution in [2.45, 2.75) is 19.9 Å².